The van der Waals surface area contributed by atoms with E-state index in [4.69, 9.17) is 10.5 Å². The Hall–Kier alpha value is -2.82. The molecule has 2 aliphatic rings. The molecule has 0 saturated carbocycles. The molecule has 3 aromatic rings. The van der Waals surface area contributed by atoms with Crippen molar-refractivity contribution in [2.75, 3.05) is 25.4 Å². The molecule has 1 fully saturated rings. The molecule has 0 radical (unpaired) electrons. The van der Waals surface area contributed by atoms with Gasteiger partial charge in [0.2, 0.25) is 0 Å². The summed E-state index contributed by atoms with van der Waals surface area (Å²) >= 11 is 0. The summed E-state index contributed by atoms with van der Waals surface area (Å²) < 4.78 is 6.64. The second kappa shape index (κ2) is 9.33. The van der Waals surface area contributed by atoms with Gasteiger partial charge < -0.3 is 15.8 Å². The number of piperidine rings is 1. The van der Waals surface area contributed by atoms with E-state index in [0.29, 0.717) is 6.04 Å². The van der Waals surface area contributed by atoms with Crippen molar-refractivity contribution in [3.8, 4) is 5.75 Å². The van der Waals surface area contributed by atoms with Crippen molar-refractivity contribution in [1.82, 2.24) is 10.2 Å². The highest BCUT2D eigenvalue weighted by atomic mass is 16.5. The summed E-state index contributed by atoms with van der Waals surface area (Å²) in [7, 11) is 0. The van der Waals surface area contributed by atoms with E-state index in [1.807, 2.05) is 12.1 Å². The molecule has 4 heteroatoms. The Morgan fingerprint density at radius 3 is 2.06 bits per heavy atom. The van der Waals surface area contributed by atoms with Crippen molar-refractivity contribution in [1.29, 1.82) is 0 Å². The van der Waals surface area contributed by atoms with Crippen molar-refractivity contribution in [2.45, 2.75) is 63.6 Å². The lowest BCUT2D eigenvalue weighted by Crippen LogP contribution is -2.56. The number of anilines is 1. The maximum absolute atomic E-state index is 6.64. The van der Waals surface area contributed by atoms with Crippen LogP contribution in [-0.4, -0.2) is 36.2 Å². The molecule has 3 aromatic carbocycles. The highest BCUT2D eigenvalue weighted by Gasteiger charge is 2.53. The third kappa shape index (κ3) is 4.46. The fourth-order valence-electron chi connectivity index (χ4n) is 6.03. The van der Waals surface area contributed by atoms with Gasteiger partial charge in [-0.1, -0.05) is 74.5 Å². The number of rotatable bonds is 6. The van der Waals surface area contributed by atoms with Gasteiger partial charge in [0.1, 0.15) is 11.4 Å². The van der Waals surface area contributed by atoms with Gasteiger partial charge in [-0.3, -0.25) is 4.90 Å². The molecule has 0 aliphatic carbocycles. The van der Waals surface area contributed by atoms with Crippen LogP contribution >= 0.6 is 0 Å². The normalized spacial score (nSPS) is 22.2. The van der Waals surface area contributed by atoms with Crippen molar-refractivity contribution in [2.24, 2.45) is 0 Å². The number of nitrogens with two attached hydrogens (primary N) is 1. The van der Waals surface area contributed by atoms with Crippen LogP contribution in [0.15, 0.2) is 72.8 Å². The summed E-state index contributed by atoms with van der Waals surface area (Å²) in [6, 6.07) is 26.3. The van der Waals surface area contributed by atoms with Gasteiger partial charge in [0, 0.05) is 29.3 Å². The second-order valence-corrected chi connectivity index (χ2v) is 11.1. The Kier molecular flexibility index (Phi) is 6.37. The molecule has 4 nitrogen and oxygen atoms in total. The first-order valence-corrected chi connectivity index (χ1v) is 13.0. The van der Waals surface area contributed by atoms with E-state index in [1.54, 1.807) is 0 Å². The Bertz CT molecular complexity index is 1110. The molecule has 2 aliphatic heterocycles. The van der Waals surface area contributed by atoms with Gasteiger partial charge in [-0.05, 0) is 68.6 Å². The van der Waals surface area contributed by atoms with E-state index in [2.05, 4.69) is 98.6 Å². The predicted molar refractivity (Wildman–Crippen MR) is 145 cm³/mol. The zero-order valence-electron chi connectivity index (χ0n) is 21.6. The molecule has 1 atom stereocenters. The summed E-state index contributed by atoms with van der Waals surface area (Å²) in [6.45, 7) is 12.1. The molecular weight excluding hydrogens is 430 g/mol. The zero-order valence-corrected chi connectivity index (χ0v) is 21.6. The molecule has 0 amide bonds. The first-order valence-electron chi connectivity index (χ1n) is 13.0. The molecule has 184 valence electrons. The predicted octanol–water partition coefficient (Wildman–Crippen LogP) is 5.85. The number of benzene rings is 3. The number of hydrogen-bond acceptors (Lipinski definition) is 4. The Morgan fingerprint density at radius 2 is 1.49 bits per heavy atom. The maximum Gasteiger partial charge on any atom is 0.128 e. The molecule has 1 saturated heterocycles. The van der Waals surface area contributed by atoms with Crippen LogP contribution in [-0.2, 0) is 5.41 Å². The maximum atomic E-state index is 6.64. The number of nitrogens with one attached hydrogen (secondary N) is 1. The minimum atomic E-state index is -0.287. The summed E-state index contributed by atoms with van der Waals surface area (Å²) in [6.07, 6.45) is 2.26. The Labute approximate surface area is 210 Å². The number of ether oxygens (including phenoxy) is 1. The van der Waals surface area contributed by atoms with E-state index in [-0.39, 0.29) is 17.1 Å². The fraction of sp³-hybridized carbons (Fsp3) is 0.419. The number of likely N-dealkylation sites (tertiary alicyclic amines) is 1. The van der Waals surface area contributed by atoms with Gasteiger partial charge in [0.15, 0.2) is 0 Å². The topological polar surface area (TPSA) is 50.5 Å². The van der Waals surface area contributed by atoms with Crippen molar-refractivity contribution >= 4 is 5.69 Å². The van der Waals surface area contributed by atoms with Crippen LogP contribution in [0.4, 0.5) is 5.69 Å². The van der Waals surface area contributed by atoms with Crippen molar-refractivity contribution < 1.29 is 4.74 Å². The van der Waals surface area contributed by atoms with Crippen LogP contribution in [0.5, 0.6) is 5.75 Å². The van der Waals surface area contributed by atoms with Crippen LogP contribution < -0.4 is 15.8 Å². The highest BCUT2D eigenvalue weighted by molar-refractivity contribution is 5.61. The standard InChI is InChI=1S/C31H39N3O/c1-22-26(32)15-16-27-28(22)30(2,3)31(4,35-27)21-34-19-17-25(18-20-34)33-29(23-11-7-5-8-12-23)24-13-9-6-10-14-24/h5-16,25,29,33H,17-21,32H2,1-4H3. The van der Waals surface area contributed by atoms with Crippen molar-refractivity contribution in [3.05, 3.63) is 95.1 Å². The third-order valence-electron chi connectivity index (χ3n) is 8.53. The first kappa shape index (κ1) is 23.9. The molecule has 5 rings (SSSR count). The third-order valence-corrected chi connectivity index (χ3v) is 8.53. The lowest BCUT2D eigenvalue weighted by Gasteiger charge is -2.43. The van der Waals surface area contributed by atoms with Gasteiger partial charge in [0.05, 0.1) is 6.04 Å². The fourth-order valence-corrected chi connectivity index (χ4v) is 6.03. The van der Waals surface area contributed by atoms with Crippen LogP contribution in [0.2, 0.25) is 0 Å². The number of nitrogen functional groups attached to an aromatic ring is 1. The lowest BCUT2D eigenvalue weighted by atomic mass is 9.71. The molecule has 3 N–H and O–H groups in total. The summed E-state index contributed by atoms with van der Waals surface area (Å²) in [5, 5.41) is 3.98. The second-order valence-electron chi connectivity index (χ2n) is 11.1. The highest BCUT2D eigenvalue weighted by Crippen LogP contribution is 2.51. The van der Waals surface area contributed by atoms with E-state index in [9.17, 15) is 0 Å². The molecule has 0 spiro atoms. The van der Waals surface area contributed by atoms with E-state index < -0.39 is 0 Å². The number of hydrogen-bond donors (Lipinski definition) is 2. The molecule has 35 heavy (non-hydrogen) atoms. The zero-order chi connectivity index (χ0) is 24.6. The lowest BCUT2D eigenvalue weighted by molar-refractivity contribution is 0.00465. The minimum Gasteiger partial charge on any atom is -0.485 e. The van der Waals surface area contributed by atoms with Gasteiger partial charge in [-0.2, -0.15) is 0 Å². The van der Waals surface area contributed by atoms with Crippen LogP contribution in [0.25, 0.3) is 0 Å². The summed E-state index contributed by atoms with van der Waals surface area (Å²) in [4.78, 5) is 2.59. The van der Waals surface area contributed by atoms with Crippen LogP contribution in [0, 0.1) is 6.92 Å². The van der Waals surface area contributed by atoms with Crippen LogP contribution in [0.3, 0.4) is 0 Å². The molecule has 0 bridgehead atoms. The summed E-state index contributed by atoms with van der Waals surface area (Å²) in [5.41, 5.74) is 11.8. The van der Waals surface area contributed by atoms with Gasteiger partial charge >= 0.3 is 0 Å². The smallest absolute Gasteiger partial charge is 0.128 e. The van der Waals surface area contributed by atoms with Crippen molar-refractivity contribution in [3.63, 3.8) is 0 Å². The van der Waals surface area contributed by atoms with Gasteiger partial charge in [-0.15, -0.1) is 0 Å². The average Bonchev–Trinajstić information content (AvgIpc) is 3.07. The monoisotopic (exact) mass is 469 g/mol. The van der Waals surface area contributed by atoms with Crippen LogP contribution in [0.1, 0.15) is 61.9 Å². The number of nitrogens with zero attached hydrogens (tertiary/aromatic N) is 1. The first-order chi connectivity index (χ1) is 16.8. The van der Waals surface area contributed by atoms with E-state index in [1.165, 1.54) is 16.7 Å². The molecule has 2 heterocycles. The minimum absolute atomic E-state index is 0.109. The van der Waals surface area contributed by atoms with E-state index >= 15 is 0 Å². The number of fused-ring (bicyclic) bond motifs is 1. The SMILES string of the molecule is Cc1c(N)ccc2c1C(C)(C)C(C)(CN1CCC(NC(c3ccccc3)c3ccccc3)CC1)O2. The average molecular weight is 470 g/mol. The van der Waals surface area contributed by atoms with E-state index in [0.717, 1.165) is 49.5 Å². The largest absolute Gasteiger partial charge is 0.485 e. The Morgan fingerprint density at radius 1 is 0.914 bits per heavy atom. The molecule has 0 aromatic heterocycles. The summed E-state index contributed by atoms with van der Waals surface area (Å²) in [5.74, 6) is 0.995. The molecular formula is C31H39N3O. The van der Waals surface area contributed by atoms with Gasteiger partial charge in [0.25, 0.3) is 0 Å². The quantitative estimate of drug-likeness (QED) is 0.445. The Balaban J connectivity index is 1.26. The van der Waals surface area contributed by atoms with Gasteiger partial charge in [-0.25, -0.2) is 0 Å². The molecule has 1 unspecified atom stereocenters.